The van der Waals surface area contributed by atoms with Crippen molar-refractivity contribution < 1.29 is 32.6 Å². The van der Waals surface area contributed by atoms with Crippen LogP contribution in [-0.4, -0.2) is 32.8 Å². The molecule has 0 heterocycles. The van der Waals surface area contributed by atoms with Gasteiger partial charge in [0.2, 0.25) is 0 Å². The van der Waals surface area contributed by atoms with Gasteiger partial charge in [0, 0.05) is 0 Å². The third kappa shape index (κ3) is 4.88. The van der Waals surface area contributed by atoms with Crippen molar-refractivity contribution in [1.29, 1.82) is 0 Å². The SMILES string of the molecule is COC(=O)/C=C(/Nc1cccc(Cl)c1OC(F)F)C(=O)OC. The lowest BCUT2D eigenvalue weighted by atomic mass is 10.2. The molecule has 1 rings (SSSR count). The Balaban J connectivity index is 3.18. The molecular weight excluding hydrogens is 324 g/mol. The molecule has 1 aromatic rings. The summed E-state index contributed by atoms with van der Waals surface area (Å²) in [5, 5.41) is 2.35. The highest BCUT2D eigenvalue weighted by Gasteiger charge is 2.18. The van der Waals surface area contributed by atoms with Crippen LogP contribution in [0.3, 0.4) is 0 Å². The zero-order valence-electron chi connectivity index (χ0n) is 11.6. The maximum absolute atomic E-state index is 12.4. The van der Waals surface area contributed by atoms with Crippen molar-refractivity contribution in [2.24, 2.45) is 0 Å². The third-order valence-electron chi connectivity index (χ3n) is 2.31. The third-order valence-corrected chi connectivity index (χ3v) is 2.61. The number of rotatable bonds is 6. The molecule has 0 saturated carbocycles. The molecule has 0 spiro atoms. The van der Waals surface area contributed by atoms with Gasteiger partial charge in [0.25, 0.3) is 0 Å². The van der Waals surface area contributed by atoms with Crippen molar-refractivity contribution in [3.8, 4) is 5.75 Å². The van der Waals surface area contributed by atoms with Crippen molar-refractivity contribution in [3.05, 3.63) is 35.0 Å². The van der Waals surface area contributed by atoms with E-state index < -0.39 is 18.6 Å². The number of carbonyl (C=O) groups is 2. The summed E-state index contributed by atoms with van der Waals surface area (Å²) in [6, 6.07) is 4.10. The highest BCUT2D eigenvalue weighted by molar-refractivity contribution is 6.32. The number of benzene rings is 1. The Morgan fingerprint density at radius 2 is 1.95 bits per heavy atom. The second kappa shape index (κ2) is 8.18. The molecule has 22 heavy (non-hydrogen) atoms. The minimum absolute atomic E-state index is 0.0478. The Kier molecular flexibility index (Phi) is 6.58. The number of alkyl halides is 2. The quantitative estimate of drug-likeness (QED) is 0.636. The second-order valence-corrected chi connectivity index (χ2v) is 4.10. The minimum Gasteiger partial charge on any atom is -0.466 e. The predicted octanol–water partition coefficient (Wildman–Crippen LogP) is 2.58. The van der Waals surface area contributed by atoms with E-state index in [0.717, 1.165) is 20.3 Å². The van der Waals surface area contributed by atoms with Crippen LogP contribution in [0.4, 0.5) is 14.5 Å². The average Bonchev–Trinajstić information content (AvgIpc) is 2.48. The molecule has 0 aliphatic heterocycles. The molecule has 1 N–H and O–H groups in total. The standard InChI is InChI=1S/C13H12ClF2NO5/c1-20-10(18)6-9(12(19)21-2)17-8-5-3-4-7(14)11(8)22-13(15)16/h3-6,13,17H,1-2H3/b9-6+. The van der Waals surface area contributed by atoms with Gasteiger partial charge in [-0.1, -0.05) is 17.7 Å². The first-order chi connectivity index (χ1) is 10.4. The van der Waals surface area contributed by atoms with E-state index in [2.05, 4.69) is 19.5 Å². The van der Waals surface area contributed by atoms with E-state index in [1.165, 1.54) is 18.2 Å². The van der Waals surface area contributed by atoms with Crippen molar-refractivity contribution in [2.45, 2.75) is 6.61 Å². The van der Waals surface area contributed by atoms with Gasteiger partial charge in [-0.15, -0.1) is 0 Å². The molecule has 0 aliphatic rings. The molecule has 0 radical (unpaired) electrons. The number of hydrogen-bond donors (Lipinski definition) is 1. The van der Waals surface area contributed by atoms with Crippen LogP contribution in [-0.2, 0) is 19.1 Å². The summed E-state index contributed by atoms with van der Waals surface area (Å²) < 4.78 is 38.0. The lowest BCUT2D eigenvalue weighted by Gasteiger charge is -2.14. The summed E-state index contributed by atoms with van der Waals surface area (Å²) in [6.07, 6.45) is 0.804. The van der Waals surface area contributed by atoms with E-state index in [4.69, 9.17) is 11.6 Å². The van der Waals surface area contributed by atoms with Gasteiger partial charge < -0.3 is 19.5 Å². The summed E-state index contributed by atoms with van der Waals surface area (Å²) in [4.78, 5) is 22.8. The maximum atomic E-state index is 12.4. The first-order valence-electron chi connectivity index (χ1n) is 5.77. The number of carbonyl (C=O) groups excluding carboxylic acids is 2. The zero-order chi connectivity index (χ0) is 16.7. The summed E-state index contributed by atoms with van der Waals surface area (Å²) in [5.41, 5.74) is -0.385. The first kappa shape index (κ1) is 17.7. The number of hydrogen-bond acceptors (Lipinski definition) is 6. The van der Waals surface area contributed by atoms with Gasteiger partial charge in [-0.25, -0.2) is 9.59 Å². The summed E-state index contributed by atoms with van der Waals surface area (Å²) in [6.45, 7) is -3.12. The lowest BCUT2D eigenvalue weighted by Crippen LogP contribution is -2.16. The van der Waals surface area contributed by atoms with Gasteiger partial charge in [-0.3, -0.25) is 0 Å². The molecule has 0 unspecified atom stereocenters. The molecule has 9 heteroatoms. The van der Waals surface area contributed by atoms with Gasteiger partial charge in [-0.2, -0.15) is 8.78 Å². The monoisotopic (exact) mass is 335 g/mol. The van der Waals surface area contributed by atoms with Crippen LogP contribution >= 0.6 is 11.6 Å². The highest BCUT2D eigenvalue weighted by atomic mass is 35.5. The van der Waals surface area contributed by atoms with Crippen molar-refractivity contribution in [1.82, 2.24) is 0 Å². The zero-order valence-corrected chi connectivity index (χ0v) is 12.3. The van der Waals surface area contributed by atoms with Crippen LogP contribution in [0.1, 0.15) is 0 Å². The summed E-state index contributed by atoms with van der Waals surface area (Å²) in [7, 11) is 2.20. The fraction of sp³-hybridized carbons (Fsp3) is 0.231. The number of anilines is 1. The normalized spacial score (nSPS) is 11.1. The topological polar surface area (TPSA) is 73.9 Å². The highest BCUT2D eigenvalue weighted by Crippen LogP contribution is 2.34. The Bertz CT molecular complexity index is 592. The lowest BCUT2D eigenvalue weighted by molar-refractivity contribution is -0.138. The fourth-order valence-electron chi connectivity index (χ4n) is 1.39. The van der Waals surface area contributed by atoms with Gasteiger partial charge in [0.05, 0.1) is 31.0 Å². The van der Waals surface area contributed by atoms with E-state index in [0.29, 0.717) is 0 Å². The van der Waals surface area contributed by atoms with E-state index in [1.807, 2.05) is 0 Å². The van der Waals surface area contributed by atoms with Crippen molar-refractivity contribution >= 4 is 29.2 Å². The molecule has 0 aliphatic carbocycles. The molecule has 120 valence electrons. The van der Waals surface area contributed by atoms with Crippen LogP contribution in [0, 0.1) is 0 Å². The van der Waals surface area contributed by atoms with Gasteiger partial charge in [-0.05, 0) is 12.1 Å². The molecule has 0 saturated heterocycles. The van der Waals surface area contributed by atoms with Crippen LogP contribution in [0.25, 0.3) is 0 Å². The van der Waals surface area contributed by atoms with Crippen LogP contribution in [0.15, 0.2) is 30.0 Å². The Morgan fingerprint density at radius 1 is 1.27 bits per heavy atom. The molecule has 0 amide bonds. The summed E-state index contributed by atoms with van der Waals surface area (Å²) >= 11 is 5.78. The fourth-order valence-corrected chi connectivity index (χ4v) is 1.61. The first-order valence-corrected chi connectivity index (χ1v) is 6.15. The number of ether oxygens (including phenoxy) is 3. The molecule has 0 bridgehead atoms. The average molecular weight is 336 g/mol. The summed E-state index contributed by atoms with van der Waals surface area (Å²) in [5.74, 6) is -2.13. The molecule has 6 nitrogen and oxygen atoms in total. The maximum Gasteiger partial charge on any atom is 0.387 e. The predicted molar refractivity (Wildman–Crippen MR) is 73.8 cm³/mol. The van der Waals surface area contributed by atoms with Crippen LogP contribution in [0.2, 0.25) is 5.02 Å². The van der Waals surface area contributed by atoms with Gasteiger partial charge >= 0.3 is 18.6 Å². The number of nitrogens with one attached hydrogen (secondary N) is 1. The minimum atomic E-state index is -3.12. The van der Waals surface area contributed by atoms with E-state index in [1.54, 1.807) is 0 Å². The molecule has 1 aromatic carbocycles. The molecule has 0 aromatic heterocycles. The molecular formula is C13H12ClF2NO5. The Labute approximate surface area is 129 Å². The smallest absolute Gasteiger partial charge is 0.387 e. The number of methoxy groups -OCH3 is 2. The van der Waals surface area contributed by atoms with E-state index in [9.17, 15) is 18.4 Å². The Hall–Kier alpha value is -2.35. The number of para-hydroxylation sites is 1. The van der Waals surface area contributed by atoms with Crippen LogP contribution in [0.5, 0.6) is 5.75 Å². The number of halogens is 3. The second-order valence-electron chi connectivity index (χ2n) is 3.69. The van der Waals surface area contributed by atoms with Crippen LogP contribution < -0.4 is 10.1 Å². The number of esters is 2. The van der Waals surface area contributed by atoms with Crippen molar-refractivity contribution in [3.63, 3.8) is 0 Å². The van der Waals surface area contributed by atoms with E-state index in [-0.39, 0.29) is 22.2 Å². The van der Waals surface area contributed by atoms with Crippen molar-refractivity contribution in [2.75, 3.05) is 19.5 Å². The van der Waals surface area contributed by atoms with Gasteiger partial charge in [0.15, 0.2) is 5.75 Å². The molecule has 0 atom stereocenters. The largest absolute Gasteiger partial charge is 0.466 e. The Morgan fingerprint density at radius 3 is 2.50 bits per heavy atom. The molecule has 0 fully saturated rings. The van der Waals surface area contributed by atoms with E-state index >= 15 is 0 Å². The van der Waals surface area contributed by atoms with Gasteiger partial charge in [0.1, 0.15) is 5.70 Å².